The van der Waals surface area contributed by atoms with Crippen molar-refractivity contribution in [2.24, 2.45) is 0 Å². The molecule has 0 saturated carbocycles. The van der Waals surface area contributed by atoms with E-state index in [-0.39, 0.29) is 11.6 Å². The third-order valence-corrected chi connectivity index (χ3v) is 3.83. The van der Waals surface area contributed by atoms with Crippen LogP contribution in [0.5, 0.6) is 0 Å². The molecular weight excluding hydrogens is 263 g/mol. The smallest absolute Gasteiger partial charge is 0.175 e. The van der Waals surface area contributed by atoms with Crippen LogP contribution in [-0.2, 0) is 15.6 Å². The molecule has 4 heteroatoms. The van der Waals surface area contributed by atoms with E-state index in [0.717, 1.165) is 5.56 Å². The number of benzene rings is 2. The van der Waals surface area contributed by atoms with E-state index in [1.165, 1.54) is 29.7 Å². The highest BCUT2D eigenvalue weighted by Crippen LogP contribution is 2.11. The van der Waals surface area contributed by atoms with Crippen LogP contribution in [0.1, 0.15) is 11.1 Å². The van der Waals surface area contributed by atoms with Crippen molar-refractivity contribution >= 4 is 15.9 Å². The third-order valence-electron chi connectivity index (χ3n) is 2.55. The van der Waals surface area contributed by atoms with Gasteiger partial charge in [-0.1, -0.05) is 42.5 Å². The highest BCUT2D eigenvalue weighted by atomic mass is 32.2. The van der Waals surface area contributed by atoms with E-state index in [0.29, 0.717) is 5.56 Å². The van der Waals surface area contributed by atoms with Crippen LogP contribution in [0.3, 0.4) is 0 Å². The fourth-order valence-electron chi connectivity index (χ4n) is 1.61. The summed E-state index contributed by atoms with van der Waals surface area (Å²) in [5.74, 6) is -0.502. The topological polar surface area (TPSA) is 34.1 Å². The first-order valence-electron chi connectivity index (χ1n) is 5.75. The average molecular weight is 276 g/mol. The zero-order chi connectivity index (χ0) is 13.7. The van der Waals surface area contributed by atoms with Crippen molar-refractivity contribution < 1.29 is 12.8 Å². The number of halogens is 1. The molecule has 0 spiro atoms. The molecule has 19 heavy (non-hydrogen) atoms. The molecule has 0 N–H and O–H groups in total. The van der Waals surface area contributed by atoms with Crippen LogP contribution in [0.2, 0.25) is 0 Å². The maximum absolute atomic E-state index is 12.7. The maximum atomic E-state index is 12.7. The summed E-state index contributed by atoms with van der Waals surface area (Å²) in [6, 6.07) is 14.7. The van der Waals surface area contributed by atoms with Gasteiger partial charge in [-0.05, 0) is 29.3 Å². The standard InChI is InChI=1S/C15H13FO2S/c16-15-8-6-14(7-9-15)12-19(17,18)11-10-13-4-2-1-3-5-13/h1-11H,12H2. The van der Waals surface area contributed by atoms with Crippen LogP contribution in [0.4, 0.5) is 4.39 Å². The van der Waals surface area contributed by atoms with Gasteiger partial charge in [0.1, 0.15) is 5.82 Å². The molecule has 2 nitrogen and oxygen atoms in total. The lowest BCUT2D eigenvalue weighted by Gasteiger charge is -2.00. The van der Waals surface area contributed by atoms with Crippen molar-refractivity contribution in [2.45, 2.75) is 5.75 Å². The summed E-state index contributed by atoms with van der Waals surface area (Å²) in [5.41, 5.74) is 1.39. The lowest BCUT2D eigenvalue weighted by atomic mass is 10.2. The van der Waals surface area contributed by atoms with Crippen LogP contribution in [0, 0.1) is 5.82 Å². The molecule has 2 aromatic rings. The fraction of sp³-hybridized carbons (Fsp3) is 0.0667. The normalized spacial score (nSPS) is 11.8. The molecule has 0 bridgehead atoms. The van der Waals surface area contributed by atoms with Crippen molar-refractivity contribution in [3.8, 4) is 0 Å². The Morgan fingerprint density at radius 3 is 2.21 bits per heavy atom. The van der Waals surface area contributed by atoms with Gasteiger partial charge in [0.15, 0.2) is 9.84 Å². The molecule has 2 rings (SSSR count). The third kappa shape index (κ3) is 4.34. The van der Waals surface area contributed by atoms with Crippen molar-refractivity contribution in [1.29, 1.82) is 0 Å². The van der Waals surface area contributed by atoms with Gasteiger partial charge in [-0.15, -0.1) is 0 Å². The first kappa shape index (κ1) is 13.5. The summed E-state index contributed by atoms with van der Waals surface area (Å²) in [6.07, 6.45) is 1.55. The van der Waals surface area contributed by atoms with E-state index < -0.39 is 9.84 Å². The Morgan fingerprint density at radius 2 is 1.58 bits per heavy atom. The first-order valence-corrected chi connectivity index (χ1v) is 7.47. The Bertz CT molecular complexity index is 659. The molecule has 0 fully saturated rings. The van der Waals surface area contributed by atoms with Crippen LogP contribution < -0.4 is 0 Å². The second-order valence-corrected chi connectivity index (χ2v) is 6.03. The highest BCUT2D eigenvalue weighted by molar-refractivity contribution is 7.93. The molecule has 98 valence electrons. The molecular formula is C15H13FO2S. The number of hydrogen-bond acceptors (Lipinski definition) is 2. The van der Waals surface area contributed by atoms with Gasteiger partial charge in [0.2, 0.25) is 0 Å². The van der Waals surface area contributed by atoms with E-state index in [1.54, 1.807) is 6.08 Å². The summed E-state index contributed by atoms with van der Waals surface area (Å²) < 4.78 is 36.5. The minimum absolute atomic E-state index is 0.128. The monoisotopic (exact) mass is 276 g/mol. The minimum atomic E-state index is -3.35. The van der Waals surface area contributed by atoms with E-state index in [1.807, 2.05) is 30.3 Å². The summed E-state index contributed by atoms with van der Waals surface area (Å²) in [6.45, 7) is 0. The minimum Gasteiger partial charge on any atom is -0.224 e. The van der Waals surface area contributed by atoms with E-state index in [4.69, 9.17) is 0 Å². The van der Waals surface area contributed by atoms with E-state index in [2.05, 4.69) is 0 Å². The quantitative estimate of drug-likeness (QED) is 0.857. The molecule has 0 unspecified atom stereocenters. The Labute approximate surface area is 112 Å². The first-order chi connectivity index (χ1) is 9.05. The van der Waals surface area contributed by atoms with Crippen LogP contribution in [0.25, 0.3) is 6.08 Å². The van der Waals surface area contributed by atoms with Gasteiger partial charge in [-0.25, -0.2) is 12.8 Å². The predicted octanol–water partition coefficient (Wildman–Crippen LogP) is 3.41. The molecule has 0 heterocycles. The zero-order valence-electron chi connectivity index (χ0n) is 10.2. The Morgan fingerprint density at radius 1 is 0.947 bits per heavy atom. The van der Waals surface area contributed by atoms with Crippen molar-refractivity contribution in [1.82, 2.24) is 0 Å². The Hall–Kier alpha value is -1.94. The molecule has 0 amide bonds. The Balaban J connectivity index is 2.11. The molecule has 2 aromatic carbocycles. The predicted molar refractivity (Wildman–Crippen MR) is 74.5 cm³/mol. The van der Waals surface area contributed by atoms with Crippen molar-refractivity contribution in [3.05, 3.63) is 76.9 Å². The van der Waals surface area contributed by atoms with Gasteiger partial charge in [0.25, 0.3) is 0 Å². The van der Waals surface area contributed by atoms with Gasteiger partial charge in [0.05, 0.1) is 5.75 Å². The zero-order valence-corrected chi connectivity index (χ0v) is 11.0. The van der Waals surface area contributed by atoms with E-state index in [9.17, 15) is 12.8 Å². The average Bonchev–Trinajstić information content (AvgIpc) is 2.40. The largest absolute Gasteiger partial charge is 0.224 e. The molecule has 0 aliphatic heterocycles. The molecule has 0 aliphatic rings. The second-order valence-electron chi connectivity index (χ2n) is 4.15. The van der Waals surface area contributed by atoms with Crippen molar-refractivity contribution in [2.75, 3.05) is 0 Å². The van der Waals surface area contributed by atoms with Crippen LogP contribution in [-0.4, -0.2) is 8.42 Å². The van der Waals surface area contributed by atoms with Crippen LogP contribution >= 0.6 is 0 Å². The number of sulfone groups is 1. The lowest BCUT2D eigenvalue weighted by molar-refractivity contribution is 0.603. The number of rotatable bonds is 4. The highest BCUT2D eigenvalue weighted by Gasteiger charge is 2.07. The van der Waals surface area contributed by atoms with Crippen molar-refractivity contribution in [3.63, 3.8) is 0 Å². The van der Waals surface area contributed by atoms with E-state index >= 15 is 0 Å². The summed E-state index contributed by atoms with van der Waals surface area (Å²) >= 11 is 0. The SMILES string of the molecule is O=S(=O)(C=Cc1ccccc1)Cc1ccc(F)cc1. The van der Waals surface area contributed by atoms with Crippen LogP contribution in [0.15, 0.2) is 60.0 Å². The summed E-state index contributed by atoms with van der Waals surface area (Å²) in [4.78, 5) is 0. The van der Waals surface area contributed by atoms with Gasteiger partial charge >= 0.3 is 0 Å². The lowest BCUT2D eigenvalue weighted by Crippen LogP contribution is -1.99. The van der Waals surface area contributed by atoms with Gasteiger partial charge in [-0.2, -0.15) is 0 Å². The van der Waals surface area contributed by atoms with Gasteiger partial charge in [0, 0.05) is 5.41 Å². The molecule has 0 aromatic heterocycles. The molecule has 0 saturated heterocycles. The molecule has 0 atom stereocenters. The second kappa shape index (κ2) is 5.80. The number of hydrogen-bond donors (Lipinski definition) is 0. The maximum Gasteiger partial charge on any atom is 0.175 e. The fourth-order valence-corrected chi connectivity index (χ4v) is 2.73. The molecule has 0 aliphatic carbocycles. The summed E-state index contributed by atoms with van der Waals surface area (Å²) in [7, 11) is -3.35. The summed E-state index contributed by atoms with van der Waals surface area (Å²) in [5, 5.41) is 1.19. The molecule has 0 radical (unpaired) electrons. The van der Waals surface area contributed by atoms with Gasteiger partial charge < -0.3 is 0 Å². The Kier molecular flexibility index (Phi) is 4.12. The van der Waals surface area contributed by atoms with Gasteiger partial charge in [-0.3, -0.25) is 0 Å².